The van der Waals surface area contributed by atoms with E-state index in [0.717, 1.165) is 23.6 Å². The molecule has 1 atom stereocenters. The van der Waals surface area contributed by atoms with Crippen LogP contribution in [0, 0.1) is 0 Å². The third-order valence-electron chi connectivity index (χ3n) is 6.32. The normalized spacial score (nSPS) is 15.4. The van der Waals surface area contributed by atoms with Gasteiger partial charge in [0, 0.05) is 30.6 Å². The van der Waals surface area contributed by atoms with Crippen molar-refractivity contribution in [3.63, 3.8) is 0 Å². The molecule has 1 saturated heterocycles. The molecular weight excluding hydrogens is 618 g/mol. The SMILES string of the molecule is CCc1cnc(NC(=O)c2cnc([C@@H](C)NC(=O)c3cc(N4CCC(SP(=O)(O)O)CC4)ncn3)s2)cc1C(F)(F)F. The summed E-state index contributed by atoms with van der Waals surface area (Å²) in [7, 11) is 0. The number of nitrogens with zero attached hydrogens (tertiary/aromatic N) is 5. The molecule has 1 aliphatic heterocycles. The Morgan fingerprint density at radius 2 is 1.86 bits per heavy atom. The van der Waals surface area contributed by atoms with Gasteiger partial charge in [0.1, 0.15) is 33.5 Å². The number of rotatable bonds is 9. The lowest BCUT2D eigenvalue weighted by Crippen LogP contribution is -2.35. The van der Waals surface area contributed by atoms with E-state index < -0.39 is 36.4 Å². The molecule has 12 nitrogen and oxygen atoms in total. The summed E-state index contributed by atoms with van der Waals surface area (Å²) in [5.74, 6) is -0.945. The number of nitrogens with one attached hydrogen (secondary N) is 2. The van der Waals surface area contributed by atoms with Crippen LogP contribution in [0.5, 0.6) is 0 Å². The first-order valence-corrected chi connectivity index (χ1v) is 16.6. The van der Waals surface area contributed by atoms with Crippen molar-refractivity contribution in [2.24, 2.45) is 0 Å². The van der Waals surface area contributed by atoms with Crippen LogP contribution in [0.4, 0.5) is 24.8 Å². The van der Waals surface area contributed by atoms with Crippen LogP contribution in [0.25, 0.3) is 0 Å². The van der Waals surface area contributed by atoms with Crippen molar-refractivity contribution >= 4 is 53.0 Å². The molecule has 1 aliphatic rings. The van der Waals surface area contributed by atoms with Crippen molar-refractivity contribution < 1.29 is 37.1 Å². The minimum absolute atomic E-state index is 0.0165. The first kappa shape index (κ1) is 31.8. The number of carbonyl (C=O) groups excluding carboxylic acids is 2. The van der Waals surface area contributed by atoms with Crippen LogP contribution in [-0.2, 0) is 17.2 Å². The maximum absolute atomic E-state index is 13.4. The number of halogens is 3. The molecular formula is C24H27F3N7O5PS2. The first-order chi connectivity index (χ1) is 19.7. The van der Waals surface area contributed by atoms with Gasteiger partial charge in [-0.1, -0.05) is 6.92 Å². The van der Waals surface area contributed by atoms with Crippen LogP contribution < -0.4 is 15.5 Å². The van der Waals surface area contributed by atoms with Gasteiger partial charge in [-0.2, -0.15) is 13.2 Å². The summed E-state index contributed by atoms with van der Waals surface area (Å²) < 4.78 is 51.3. The summed E-state index contributed by atoms with van der Waals surface area (Å²) in [5.41, 5.74) is -0.758. The average molecular weight is 646 g/mol. The summed E-state index contributed by atoms with van der Waals surface area (Å²) in [6, 6.07) is 1.69. The highest BCUT2D eigenvalue weighted by atomic mass is 32.7. The van der Waals surface area contributed by atoms with E-state index in [2.05, 4.69) is 30.6 Å². The predicted molar refractivity (Wildman–Crippen MR) is 151 cm³/mol. The number of amides is 2. The predicted octanol–water partition coefficient (Wildman–Crippen LogP) is 4.45. The molecule has 226 valence electrons. The molecule has 0 saturated carbocycles. The molecule has 3 aromatic rings. The number of anilines is 2. The van der Waals surface area contributed by atoms with E-state index in [1.54, 1.807) is 13.8 Å². The Kier molecular flexibility index (Phi) is 9.88. The van der Waals surface area contributed by atoms with E-state index in [4.69, 9.17) is 0 Å². The molecule has 4 N–H and O–H groups in total. The Morgan fingerprint density at radius 3 is 2.50 bits per heavy atom. The Labute approximate surface area is 246 Å². The fourth-order valence-electron chi connectivity index (χ4n) is 4.23. The van der Waals surface area contributed by atoms with E-state index in [1.807, 2.05) is 4.90 Å². The topological polar surface area (TPSA) is 171 Å². The maximum Gasteiger partial charge on any atom is 0.416 e. The van der Waals surface area contributed by atoms with Gasteiger partial charge in [0.05, 0.1) is 17.8 Å². The van der Waals surface area contributed by atoms with E-state index in [9.17, 15) is 37.1 Å². The summed E-state index contributed by atoms with van der Waals surface area (Å²) in [4.78, 5) is 62.3. The lowest BCUT2D eigenvalue weighted by molar-refractivity contribution is -0.138. The molecule has 0 aliphatic carbocycles. The van der Waals surface area contributed by atoms with Crippen molar-refractivity contribution in [3.8, 4) is 0 Å². The second-order valence-corrected chi connectivity index (χ2v) is 14.3. The number of hydrogen-bond acceptors (Lipinski definition) is 10. The summed E-state index contributed by atoms with van der Waals surface area (Å²) in [5, 5.41) is 5.33. The molecule has 0 bridgehead atoms. The zero-order chi connectivity index (χ0) is 30.7. The third-order valence-corrected chi connectivity index (χ3v) is 10.3. The van der Waals surface area contributed by atoms with Gasteiger partial charge in [-0.3, -0.25) is 9.59 Å². The second-order valence-electron chi connectivity index (χ2n) is 9.33. The van der Waals surface area contributed by atoms with Crippen LogP contribution in [0.3, 0.4) is 0 Å². The average Bonchev–Trinajstić information content (AvgIpc) is 3.43. The van der Waals surface area contributed by atoms with Crippen LogP contribution in [0.1, 0.15) is 69.0 Å². The van der Waals surface area contributed by atoms with Crippen molar-refractivity contribution in [1.82, 2.24) is 25.3 Å². The number of aryl methyl sites for hydroxylation is 1. The van der Waals surface area contributed by atoms with Gasteiger partial charge in [-0.25, -0.2) is 24.5 Å². The summed E-state index contributed by atoms with van der Waals surface area (Å²) >= 11 is 1.63. The van der Waals surface area contributed by atoms with Gasteiger partial charge in [0.2, 0.25) is 0 Å². The van der Waals surface area contributed by atoms with Crippen LogP contribution in [0.2, 0.25) is 0 Å². The molecule has 1 fully saturated rings. The third kappa shape index (κ3) is 8.25. The highest BCUT2D eigenvalue weighted by molar-refractivity contribution is 8.54. The maximum atomic E-state index is 13.4. The first-order valence-electron chi connectivity index (χ1n) is 12.7. The summed E-state index contributed by atoms with van der Waals surface area (Å²) in [6.45, 7) is 0.0848. The van der Waals surface area contributed by atoms with Gasteiger partial charge in [-0.15, -0.1) is 11.3 Å². The molecule has 3 aromatic heterocycles. The molecule has 2 amide bonds. The minimum Gasteiger partial charge on any atom is -0.356 e. The highest BCUT2D eigenvalue weighted by Gasteiger charge is 2.34. The molecule has 0 radical (unpaired) electrons. The minimum atomic E-state index is -4.59. The van der Waals surface area contributed by atoms with Gasteiger partial charge in [0.15, 0.2) is 0 Å². The van der Waals surface area contributed by atoms with Crippen LogP contribution in [-0.4, -0.2) is 59.9 Å². The van der Waals surface area contributed by atoms with Crippen molar-refractivity contribution in [2.45, 2.75) is 50.6 Å². The number of pyridine rings is 1. The van der Waals surface area contributed by atoms with E-state index in [0.29, 0.717) is 48.1 Å². The monoisotopic (exact) mass is 645 g/mol. The quantitative estimate of drug-likeness (QED) is 0.243. The largest absolute Gasteiger partial charge is 0.416 e. The number of alkyl halides is 3. The standard InChI is InChI=1S/C24H27F3N7O5PS2/c1-3-14-10-28-19(8-16(14)24(25,26)27)33-22(36)18-11-29-23(41-18)13(2)32-21(35)17-9-20(31-12-30-17)34-6-4-15(5-7-34)42-40(37,38)39/h8-13,15H,3-7H2,1-2H3,(H,32,35)(H,28,33,36)(H2,37,38,39)/t13-/m1/s1. The van der Waals surface area contributed by atoms with Gasteiger partial charge in [-0.05, 0) is 49.2 Å². The smallest absolute Gasteiger partial charge is 0.356 e. The number of carbonyl (C=O) groups is 2. The van der Waals surface area contributed by atoms with E-state index >= 15 is 0 Å². The number of aromatic nitrogens is 4. The number of piperidine rings is 1. The molecule has 0 unspecified atom stereocenters. The van der Waals surface area contributed by atoms with Crippen molar-refractivity contribution in [2.75, 3.05) is 23.3 Å². The second kappa shape index (κ2) is 13.0. The van der Waals surface area contributed by atoms with E-state index in [1.165, 1.54) is 18.6 Å². The molecule has 42 heavy (non-hydrogen) atoms. The van der Waals surface area contributed by atoms with Crippen molar-refractivity contribution in [3.05, 3.63) is 57.6 Å². The molecule has 0 aromatic carbocycles. The Bertz CT molecular complexity index is 1500. The lowest BCUT2D eigenvalue weighted by atomic mass is 10.1. The molecule has 4 rings (SSSR count). The number of thiazole rings is 1. The molecule has 4 heterocycles. The van der Waals surface area contributed by atoms with Crippen LogP contribution in [0.15, 0.2) is 30.9 Å². The number of hydrogen-bond donors (Lipinski definition) is 4. The zero-order valence-corrected chi connectivity index (χ0v) is 24.9. The van der Waals surface area contributed by atoms with Crippen LogP contribution >= 0.6 is 29.5 Å². The lowest BCUT2D eigenvalue weighted by Gasteiger charge is -2.32. The fraction of sp³-hybridized carbons (Fsp3) is 0.417. The molecule has 18 heteroatoms. The fourth-order valence-corrected chi connectivity index (χ4v) is 7.65. The highest BCUT2D eigenvalue weighted by Crippen LogP contribution is 2.54. The van der Waals surface area contributed by atoms with E-state index in [-0.39, 0.29) is 33.6 Å². The summed E-state index contributed by atoms with van der Waals surface area (Å²) in [6.07, 6.45) is 0.230. The van der Waals surface area contributed by atoms with Gasteiger partial charge >= 0.3 is 13.0 Å². The molecule has 0 spiro atoms. The Balaban J connectivity index is 1.36. The Morgan fingerprint density at radius 1 is 1.14 bits per heavy atom. The zero-order valence-electron chi connectivity index (χ0n) is 22.3. The van der Waals surface area contributed by atoms with Gasteiger partial charge in [0.25, 0.3) is 11.8 Å². The Hall–Kier alpha value is -3.11. The van der Waals surface area contributed by atoms with Crippen molar-refractivity contribution in [1.29, 1.82) is 0 Å². The van der Waals surface area contributed by atoms with Gasteiger partial charge < -0.3 is 25.3 Å².